The van der Waals surface area contributed by atoms with E-state index in [9.17, 15) is 9.90 Å². The van der Waals surface area contributed by atoms with Gasteiger partial charge in [0.15, 0.2) is 0 Å². The predicted octanol–water partition coefficient (Wildman–Crippen LogP) is 4.26. The van der Waals surface area contributed by atoms with Gasteiger partial charge in [0, 0.05) is 12.0 Å². The lowest BCUT2D eigenvalue weighted by atomic mass is 9.78. The number of carboxylic acid groups (broad SMARTS) is 1. The van der Waals surface area contributed by atoms with Gasteiger partial charge >= 0.3 is 13.1 Å². The van der Waals surface area contributed by atoms with Gasteiger partial charge in [-0.3, -0.25) is 0 Å². The third-order valence-electron chi connectivity index (χ3n) is 5.29. The lowest BCUT2D eigenvalue weighted by Gasteiger charge is -2.34. The van der Waals surface area contributed by atoms with Crippen LogP contribution in [0.1, 0.15) is 63.9 Å². The largest absolute Gasteiger partial charge is 0.525 e. The molecule has 0 unspecified atom stereocenters. The molecule has 2 aliphatic heterocycles. The maximum Gasteiger partial charge on any atom is 0.525 e. The van der Waals surface area contributed by atoms with E-state index in [0.717, 1.165) is 0 Å². The van der Waals surface area contributed by atoms with Gasteiger partial charge in [0.1, 0.15) is 17.1 Å². The Labute approximate surface area is 153 Å². The zero-order valence-electron chi connectivity index (χ0n) is 16.0. The lowest BCUT2D eigenvalue weighted by Crippen LogP contribution is -2.41. The minimum atomic E-state index is -1.13. The van der Waals surface area contributed by atoms with E-state index in [0.29, 0.717) is 16.9 Å². The molecule has 2 aliphatic rings. The molecule has 1 N–H and O–H groups in total. The van der Waals surface area contributed by atoms with Crippen LogP contribution < -0.4 is 4.74 Å². The topological polar surface area (TPSA) is 65.0 Å². The third-order valence-corrected chi connectivity index (χ3v) is 5.29. The maximum atomic E-state index is 15.5. The van der Waals surface area contributed by atoms with Crippen molar-refractivity contribution in [2.45, 2.75) is 64.8 Å². The summed E-state index contributed by atoms with van der Waals surface area (Å²) in [6, 6.07) is 4.46. The van der Waals surface area contributed by atoms with E-state index in [4.69, 9.17) is 14.0 Å². The molecular formula is C19H24BFO5. The molecule has 3 rings (SSSR count). The first-order valence-corrected chi connectivity index (χ1v) is 8.64. The van der Waals surface area contributed by atoms with E-state index in [1.807, 2.05) is 41.5 Å². The maximum absolute atomic E-state index is 15.5. The zero-order valence-corrected chi connectivity index (χ0v) is 16.0. The standard InChI is InChI=1S/C19H24BFO5/c1-17(2)10-13(12-9-11(16(22)23)7-8-14(12)24-17)15(21)20-25-18(3,4)19(5,6)26-20/h7-9H,10H2,1-6H3,(H,22,23). The van der Waals surface area contributed by atoms with Crippen LogP contribution in [0.25, 0.3) is 5.57 Å². The number of ether oxygens (including phenoxy) is 1. The molecule has 0 amide bonds. The normalized spacial score (nSPS) is 24.7. The molecule has 1 aromatic carbocycles. The number of halogens is 1. The summed E-state index contributed by atoms with van der Waals surface area (Å²) in [6.07, 6.45) is 0.277. The van der Waals surface area contributed by atoms with Gasteiger partial charge in [0.25, 0.3) is 0 Å². The lowest BCUT2D eigenvalue weighted by molar-refractivity contribution is 0.00578. The van der Waals surface area contributed by atoms with Crippen molar-refractivity contribution in [3.05, 3.63) is 35.1 Å². The average Bonchev–Trinajstić information content (AvgIpc) is 2.72. The smallest absolute Gasteiger partial charge is 0.487 e. The molecule has 26 heavy (non-hydrogen) atoms. The number of fused-ring (bicyclic) bond motifs is 1. The first-order valence-electron chi connectivity index (χ1n) is 8.64. The van der Waals surface area contributed by atoms with E-state index in [1.54, 1.807) is 6.07 Å². The molecule has 1 saturated heterocycles. The fourth-order valence-electron chi connectivity index (χ4n) is 3.14. The van der Waals surface area contributed by atoms with E-state index in [2.05, 4.69) is 0 Å². The number of hydrogen-bond donors (Lipinski definition) is 1. The molecule has 0 aliphatic carbocycles. The summed E-state index contributed by atoms with van der Waals surface area (Å²) in [4.78, 5) is 11.3. The van der Waals surface area contributed by atoms with E-state index < -0.39 is 35.6 Å². The van der Waals surface area contributed by atoms with Crippen LogP contribution in [-0.2, 0) is 9.31 Å². The number of carbonyl (C=O) groups is 1. The van der Waals surface area contributed by atoms with Crippen molar-refractivity contribution in [1.82, 2.24) is 0 Å². The van der Waals surface area contributed by atoms with Crippen molar-refractivity contribution in [3.8, 4) is 5.75 Å². The SMILES string of the molecule is CC1(C)CC(=C(F)B2OC(C)(C)C(C)(C)O2)c2cc(C(=O)O)ccc2O1. The monoisotopic (exact) mass is 362 g/mol. The molecule has 0 spiro atoms. The van der Waals surface area contributed by atoms with Gasteiger partial charge in [-0.05, 0) is 65.3 Å². The van der Waals surface area contributed by atoms with Crippen molar-refractivity contribution in [2.75, 3.05) is 0 Å². The van der Waals surface area contributed by atoms with Crippen LogP contribution in [0.2, 0.25) is 0 Å². The molecule has 140 valence electrons. The van der Waals surface area contributed by atoms with Gasteiger partial charge in [-0.15, -0.1) is 0 Å². The van der Waals surface area contributed by atoms with E-state index >= 15 is 4.39 Å². The summed E-state index contributed by atoms with van der Waals surface area (Å²) in [5, 5.41) is 9.26. The van der Waals surface area contributed by atoms with Gasteiger partial charge in [-0.1, -0.05) is 0 Å². The highest BCUT2D eigenvalue weighted by Gasteiger charge is 2.54. The number of rotatable bonds is 2. The van der Waals surface area contributed by atoms with Gasteiger partial charge in [-0.2, -0.15) is 0 Å². The highest BCUT2D eigenvalue weighted by atomic mass is 19.1. The molecule has 0 aromatic heterocycles. The minimum Gasteiger partial charge on any atom is -0.487 e. The first-order chi connectivity index (χ1) is 11.8. The van der Waals surface area contributed by atoms with E-state index in [-0.39, 0.29) is 12.0 Å². The number of aromatic carboxylic acids is 1. The van der Waals surface area contributed by atoms with Crippen LogP contribution in [0, 0.1) is 0 Å². The van der Waals surface area contributed by atoms with Crippen molar-refractivity contribution >= 4 is 18.7 Å². The summed E-state index contributed by atoms with van der Waals surface area (Å²) in [5.74, 6) is -0.624. The molecule has 0 saturated carbocycles. The molecule has 2 heterocycles. The third kappa shape index (κ3) is 3.14. The molecule has 0 radical (unpaired) electrons. The summed E-state index contributed by atoms with van der Waals surface area (Å²) in [5.41, 5.74) is -1.64. The Hall–Kier alpha value is -1.86. The minimum absolute atomic E-state index is 0.0753. The van der Waals surface area contributed by atoms with Gasteiger partial charge in [-0.25, -0.2) is 9.18 Å². The summed E-state index contributed by atoms with van der Waals surface area (Å²) >= 11 is 0. The highest BCUT2D eigenvalue weighted by Crippen LogP contribution is 2.46. The van der Waals surface area contributed by atoms with Crippen molar-refractivity contribution in [3.63, 3.8) is 0 Å². The second-order valence-corrected chi connectivity index (χ2v) is 8.47. The Balaban J connectivity index is 2.11. The summed E-state index contributed by atoms with van der Waals surface area (Å²) in [6.45, 7) is 11.1. The molecular weight excluding hydrogens is 338 g/mol. The predicted molar refractivity (Wildman–Crippen MR) is 96.8 cm³/mol. The Morgan fingerprint density at radius 3 is 2.23 bits per heavy atom. The number of hydrogen-bond acceptors (Lipinski definition) is 4. The van der Waals surface area contributed by atoms with Crippen LogP contribution in [0.4, 0.5) is 4.39 Å². The number of carboxylic acids is 1. The fraction of sp³-hybridized carbons (Fsp3) is 0.526. The van der Waals surface area contributed by atoms with Crippen LogP contribution in [0.5, 0.6) is 5.75 Å². The van der Waals surface area contributed by atoms with Crippen LogP contribution in [-0.4, -0.2) is 35.0 Å². The summed E-state index contributed by atoms with van der Waals surface area (Å²) < 4.78 is 33.0. The van der Waals surface area contributed by atoms with Crippen LogP contribution >= 0.6 is 0 Å². The second-order valence-electron chi connectivity index (χ2n) is 8.47. The molecule has 0 bridgehead atoms. The highest BCUT2D eigenvalue weighted by molar-refractivity contribution is 6.55. The molecule has 0 atom stereocenters. The first kappa shape index (κ1) is 18.9. The van der Waals surface area contributed by atoms with Gasteiger partial charge in [0.05, 0.1) is 16.8 Å². The zero-order chi connectivity index (χ0) is 19.5. The average molecular weight is 362 g/mol. The van der Waals surface area contributed by atoms with E-state index in [1.165, 1.54) is 12.1 Å². The Morgan fingerprint density at radius 2 is 1.69 bits per heavy atom. The Kier molecular flexibility index (Phi) is 4.24. The Morgan fingerprint density at radius 1 is 1.12 bits per heavy atom. The van der Waals surface area contributed by atoms with Crippen molar-refractivity contribution in [1.29, 1.82) is 0 Å². The van der Waals surface area contributed by atoms with Crippen molar-refractivity contribution in [2.24, 2.45) is 0 Å². The quantitative estimate of drug-likeness (QED) is 0.797. The van der Waals surface area contributed by atoms with Crippen LogP contribution in [0.3, 0.4) is 0 Å². The molecule has 1 aromatic rings. The Bertz CT molecular complexity index is 781. The summed E-state index contributed by atoms with van der Waals surface area (Å²) in [7, 11) is -1.13. The van der Waals surface area contributed by atoms with Gasteiger partial charge < -0.3 is 19.2 Å². The van der Waals surface area contributed by atoms with Gasteiger partial charge in [0.2, 0.25) is 0 Å². The molecule has 1 fully saturated rings. The fourth-order valence-corrected chi connectivity index (χ4v) is 3.14. The molecule has 5 nitrogen and oxygen atoms in total. The van der Waals surface area contributed by atoms with Crippen molar-refractivity contribution < 1.29 is 28.3 Å². The second kappa shape index (κ2) is 5.82. The van der Waals surface area contributed by atoms with Crippen LogP contribution in [0.15, 0.2) is 23.9 Å². The molecule has 7 heteroatoms. The number of benzene rings is 1.